The normalized spacial score (nSPS) is 11.7. The summed E-state index contributed by atoms with van der Waals surface area (Å²) in [7, 11) is -4.13. The highest BCUT2D eigenvalue weighted by molar-refractivity contribution is 7.98. The summed E-state index contributed by atoms with van der Waals surface area (Å²) >= 11 is 7.25. The van der Waals surface area contributed by atoms with E-state index >= 15 is 0 Å². The molecule has 0 saturated heterocycles. The maximum atomic E-state index is 14.1. The van der Waals surface area contributed by atoms with Crippen LogP contribution in [0.4, 0.5) is 10.1 Å². The van der Waals surface area contributed by atoms with Crippen molar-refractivity contribution in [2.45, 2.75) is 37.5 Å². The van der Waals surface area contributed by atoms with E-state index in [9.17, 15) is 22.4 Å². The number of rotatable bonds is 7. The molecule has 0 unspecified atom stereocenters. The number of anilines is 1. The van der Waals surface area contributed by atoms with Gasteiger partial charge in [0.25, 0.3) is 15.9 Å². The third kappa shape index (κ3) is 6.85. The van der Waals surface area contributed by atoms with Gasteiger partial charge in [-0.05, 0) is 35.4 Å². The van der Waals surface area contributed by atoms with Crippen LogP contribution < -0.4 is 15.6 Å². The van der Waals surface area contributed by atoms with Crippen molar-refractivity contribution >= 4 is 50.9 Å². The summed E-state index contributed by atoms with van der Waals surface area (Å²) in [5.74, 6) is -1.64. The van der Waals surface area contributed by atoms with Gasteiger partial charge in [0, 0.05) is 18.2 Å². The summed E-state index contributed by atoms with van der Waals surface area (Å²) in [6.45, 7) is 5.99. The largest absolute Gasteiger partial charge is 0.279 e. The Morgan fingerprint density at radius 3 is 2.28 bits per heavy atom. The molecular formula is C21H25ClFN3O4S2. The Bertz CT molecular complexity index is 1100. The summed E-state index contributed by atoms with van der Waals surface area (Å²) in [6, 6.07) is 8.04. The number of hydrogen-bond donors (Lipinski definition) is 3. The number of carbonyl (C=O) groups is 2. The molecule has 2 amide bonds. The molecule has 0 aliphatic heterocycles. The van der Waals surface area contributed by atoms with Crippen LogP contribution in [-0.2, 0) is 20.2 Å². The molecule has 2 aromatic carbocycles. The summed E-state index contributed by atoms with van der Waals surface area (Å²) in [6.07, 6.45) is 2.01. The smallest absolute Gasteiger partial charge is 0.271 e. The molecule has 0 bridgehead atoms. The van der Waals surface area contributed by atoms with E-state index in [0.717, 1.165) is 17.7 Å². The fourth-order valence-electron chi connectivity index (χ4n) is 2.61. The summed E-state index contributed by atoms with van der Waals surface area (Å²) in [5, 5.41) is -0.374. The highest BCUT2D eigenvalue weighted by Crippen LogP contribution is 2.28. The molecule has 0 radical (unpaired) electrons. The van der Waals surface area contributed by atoms with Crippen molar-refractivity contribution in [1.29, 1.82) is 0 Å². The van der Waals surface area contributed by atoms with Gasteiger partial charge in [0.05, 0.1) is 21.2 Å². The lowest BCUT2D eigenvalue weighted by Gasteiger charge is -2.19. The molecule has 0 spiro atoms. The lowest BCUT2D eigenvalue weighted by atomic mass is 9.87. The highest BCUT2D eigenvalue weighted by atomic mass is 35.5. The molecule has 11 heteroatoms. The molecule has 0 aromatic heterocycles. The van der Waals surface area contributed by atoms with Crippen molar-refractivity contribution in [1.82, 2.24) is 10.9 Å². The molecule has 32 heavy (non-hydrogen) atoms. The standard InChI is InChI=1S/C21H25ClFN3O4S2/c1-21(2,3)13-5-7-14(8-6-13)32(29,30)26-18-12-17(23)16(22)11-15(18)20(28)25-24-19(27)9-10-31-4/h5-8,11-12,26H,9-10H2,1-4H3,(H,24,27)(H,25,28). The first-order chi connectivity index (χ1) is 14.8. The molecule has 3 N–H and O–H groups in total. The minimum atomic E-state index is -4.13. The quantitative estimate of drug-likeness (QED) is 0.496. The first kappa shape index (κ1) is 26.0. The van der Waals surface area contributed by atoms with Crippen LogP contribution in [0.25, 0.3) is 0 Å². The van der Waals surface area contributed by atoms with E-state index in [-0.39, 0.29) is 33.0 Å². The molecule has 0 aliphatic rings. The summed E-state index contributed by atoms with van der Waals surface area (Å²) < 4.78 is 42.0. The molecule has 7 nitrogen and oxygen atoms in total. The Balaban J connectivity index is 2.29. The van der Waals surface area contributed by atoms with Crippen LogP contribution in [-0.4, -0.2) is 32.2 Å². The zero-order valence-corrected chi connectivity index (χ0v) is 20.5. The van der Waals surface area contributed by atoms with Gasteiger partial charge in [-0.2, -0.15) is 11.8 Å². The van der Waals surface area contributed by atoms with E-state index in [4.69, 9.17) is 11.6 Å². The molecule has 0 aliphatic carbocycles. The van der Waals surface area contributed by atoms with Gasteiger partial charge in [0.15, 0.2) is 0 Å². The SMILES string of the molecule is CSCCC(=O)NNC(=O)c1cc(Cl)c(F)cc1NS(=O)(=O)c1ccc(C(C)(C)C)cc1. The van der Waals surface area contributed by atoms with Gasteiger partial charge < -0.3 is 0 Å². The van der Waals surface area contributed by atoms with Crippen molar-refractivity contribution in [2.75, 3.05) is 16.7 Å². The first-order valence-corrected chi connectivity index (χ1v) is 12.8. The fourth-order valence-corrected chi connectivity index (χ4v) is 4.23. The number of amides is 2. The van der Waals surface area contributed by atoms with Gasteiger partial charge in [0.2, 0.25) is 5.91 Å². The third-order valence-corrected chi connectivity index (χ3v) is 6.71. The average Bonchev–Trinajstić information content (AvgIpc) is 2.72. The van der Waals surface area contributed by atoms with Gasteiger partial charge in [-0.15, -0.1) is 0 Å². The average molecular weight is 502 g/mol. The van der Waals surface area contributed by atoms with E-state index in [1.54, 1.807) is 12.1 Å². The molecule has 2 rings (SSSR count). The van der Waals surface area contributed by atoms with Crippen molar-refractivity contribution in [3.8, 4) is 0 Å². The minimum absolute atomic E-state index is 0.0578. The molecule has 0 atom stereocenters. The number of thioether (sulfide) groups is 1. The van der Waals surface area contributed by atoms with Crippen LogP contribution in [0.2, 0.25) is 5.02 Å². The first-order valence-electron chi connectivity index (χ1n) is 9.55. The van der Waals surface area contributed by atoms with Crippen LogP contribution in [0.15, 0.2) is 41.3 Å². The second-order valence-corrected chi connectivity index (χ2v) is 11.0. The number of benzene rings is 2. The monoisotopic (exact) mass is 501 g/mol. The van der Waals surface area contributed by atoms with Gasteiger partial charge >= 0.3 is 0 Å². The molecule has 0 heterocycles. The number of nitrogens with one attached hydrogen (secondary N) is 3. The van der Waals surface area contributed by atoms with Crippen LogP contribution in [0, 0.1) is 5.82 Å². The molecular weight excluding hydrogens is 477 g/mol. The number of sulfonamides is 1. The van der Waals surface area contributed by atoms with Gasteiger partial charge in [-0.25, -0.2) is 12.8 Å². The number of halogens is 2. The Hall–Kier alpha value is -2.30. The lowest BCUT2D eigenvalue weighted by Crippen LogP contribution is -2.42. The molecule has 174 valence electrons. The van der Waals surface area contributed by atoms with E-state index in [1.165, 1.54) is 23.9 Å². The van der Waals surface area contributed by atoms with Crippen LogP contribution in [0.1, 0.15) is 43.1 Å². The second-order valence-electron chi connectivity index (χ2n) is 7.94. The van der Waals surface area contributed by atoms with Gasteiger partial charge in [-0.1, -0.05) is 44.5 Å². The fraction of sp³-hybridized carbons (Fsp3) is 0.333. The van der Waals surface area contributed by atoms with Crippen molar-refractivity contribution in [2.24, 2.45) is 0 Å². The predicted octanol–water partition coefficient (Wildman–Crippen LogP) is 4.09. The van der Waals surface area contributed by atoms with Crippen molar-refractivity contribution in [3.63, 3.8) is 0 Å². The molecule has 0 saturated carbocycles. The van der Waals surface area contributed by atoms with Crippen molar-refractivity contribution < 1.29 is 22.4 Å². The predicted molar refractivity (Wildman–Crippen MR) is 126 cm³/mol. The zero-order chi connectivity index (χ0) is 24.1. The second kappa shape index (κ2) is 10.5. The Morgan fingerprint density at radius 1 is 1.09 bits per heavy atom. The Kier molecular flexibility index (Phi) is 8.55. The van der Waals surface area contributed by atoms with Gasteiger partial charge in [0.1, 0.15) is 5.82 Å². The number of carbonyl (C=O) groups excluding carboxylic acids is 2. The van der Waals surface area contributed by atoms with E-state index in [2.05, 4.69) is 15.6 Å². The van der Waals surface area contributed by atoms with Crippen LogP contribution in [0.3, 0.4) is 0 Å². The zero-order valence-electron chi connectivity index (χ0n) is 18.1. The number of hydrogen-bond acceptors (Lipinski definition) is 5. The van der Waals surface area contributed by atoms with Crippen LogP contribution in [0.5, 0.6) is 0 Å². The molecule has 2 aromatic rings. The highest BCUT2D eigenvalue weighted by Gasteiger charge is 2.22. The Morgan fingerprint density at radius 2 is 1.72 bits per heavy atom. The minimum Gasteiger partial charge on any atom is -0.279 e. The maximum Gasteiger partial charge on any atom is 0.271 e. The van der Waals surface area contributed by atoms with E-state index < -0.39 is 27.7 Å². The van der Waals surface area contributed by atoms with E-state index in [1.807, 2.05) is 27.0 Å². The summed E-state index contributed by atoms with van der Waals surface area (Å²) in [5.41, 5.74) is 4.61. The molecule has 0 fully saturated rings. The van der Waals surface area contributed by atoms with Crippen molar-refractivity contribution in [3.05, 3.63) is 58.4 Å². The Labute approximate surface area is 196 Å². The topological polar surface area (TPSA) is 104 Å². The lowest BCUT2D eigenvalue weighted by molar-refractivity contribution is -0.121. The summed E-state index contributed by atoms with van der Waals surface area (Å²) in [4.78, 5) is 24.2. The number of hydrazine groups is 1. The maximum absolute atomic E-state index is 14.1. The van der Waals surface area contributed by atoms with Crippen LogP contribution >= 0.6 is 23.4 Å². The van der Waals surface area contributed by atoms with Gasteiger partial charge in [-0.3, -0.25) is 25.2 Å². The third-order valence-electron chi connectivity index (χ3n) is 4.43. The van der Waals surface area contributed by atoms with E-state index in [0.29, 0.717) is 5.75 Å².